The highest BCUT2D eigenvalue weighted by atomic mass is 16.2. The van der Waals surface area contributed by atoms with Gasteiger partial charge in [-0.25, -0.2) is 15.0 Å². The van der Waals surface area contributed by atoms with Crippen LogP contribution in [0.4, 0.5) is 11.6 Å². The maximum Gasteiger partial charge on any atom is 0.245 e. The van der Waals surface area contributed by atoms with Crippen LogP contribution in [0.3, 0.4) is 0 Å². The van der Waals surface area contributed by atoms with E-state index >= 15 is 0 Å². The standard InChI is InChI=1S/C11H12N8O/c1-19(4-8(20)17-7-2-3-16-18-7)11-9-10(13-5-12-9)14-6-15-11/h2-3,5-6H,4H2,1H3,(H,12,13,14,15)(H2,16,17,18,20). The predicted molar refractivity (Wildman–Crippen MR) is 72.2 cm³/mol. The predicted octanol–water partition coefficient (Wildman–Crippen LogP) is 0.151. The molecule has 1 amide bonds. The number of likely N-dealkylation sites (N-methyl/N-ethyl adjacent to an activating group) is 1. The molecule has 0 aromatic carbocycles. The number of aromatic nitrogens is 6. The first-order valence-corrected chi connectivity index (χ1v) is 5.88. The summed E-state index contributed by atoms with van der Waals surface area (Å²) >= 11 is 0. The monoisotopic (exact) mass is 272 g/mol. The molecule has 0 atom stereocenters. The fraction of sp³-hybridized carbons (Fsp3) is 0.182. The topological polar surface area (TPSA) is 115 Å². The van der Waals surface area contributed by atoms with E-state index in [4.69, 9.17) is 0 Å². The lowest BCUT2D eigenvalue weighted by Gasteiger charge is -2.17. The molecule has 0 fully saturated rings. The lowest BCUT2D eigenvalue weighted by molar-refractivity contribution is -0.114. The number of imidazole rings is 1. The van der Waals surface area contributed by atoms with Gasteiger partial charge in [0.05, 0.1) is 19.1 Å². The summed E-state index contributed by atoms with van der Waals surface area (Å²) in [5.41, 5.74) is 1.26. The van der Waals surface area contributed by atoms with Crippen LogP contribution in [0.25, 0.3) is 11.2 Å². The number of hydrogen-bond donors (Lipinski definition) is 3. The van der Waals surface area contributed by atoms with Gasteiger partial charge in [0.2, 0.25) is 5.91 Å². The molecular weight excluding hydrogens is 260 g/mol. The number of carbonyl (C=O) groups is 1. The van der Waals surface area contributed by atoms with Gasteiger partial charge >= 0.3 is 0 Å². The molecule has 0 saturated carbocycles. The second kappa shape index (κ2) is 4.96. The number of nitrogens with one attached hydrogen (secondary N) is 3. The minimum absolute atomic E-state index is 0.143. The molecule has 3 rings (SSSR count). The summed E-state index contributed by atoms with van der Waals surface area (Å²) in [6.07, 6.45) is 4.53. The maximum absolute atomic E-state index is 11.9. The van der Waals surface area contributed by atoms with E-state index in [2.05, 4.69) is 35.5 Å². The van der Waals surface area contributed by atoms with Crippen LogP contribution in [-0.4, -0.2) is 49.6 Å². The van der Waals surface area contributed by atoms with Crippen molar-refractivity contribution in [3.63, 3.8) is 0 Å². The van der Waals surface area contributed by atoms with E-state index in [1.54, 1.807) is 30.5 Å². The molecule has 9 nitrogen and oxygen atoms in total. The maximum atomic E-state index is 11.9. The van der Waals surface area contributed by atoms with Crippen LogP contribution in [0.2, 0.25) is 0 Å². The van der Waals surface area contributed by atoms with Gasteiger partial charge in [0.1, 0.15) is 17.7 Å². The molecule has 0 bridgehead atoms. The normalized spacial score (nSPS) is 10.7. The summed E-state index contributed by atoms with van der Waals surface area (Å²) < 4.78 is 0. The smallest absolute Gasteiger partial charge is 0.245 e. The van der Waals surface area contributed by atoms with Crippen LogP contribution < -0.4 is 10.2 Å². The highest BCUT2D eigenvalue weighted by molar-refractivity contribution is 5.94. The Kier molecular flexibility index (Phi) is 2.99. The van der Waals surface area contributed by atoms with Crippen LogP contribution >= 0.6 is 0 Å². The van der Waals surface area contributed by atoms with Crippen molar-refractivity contribution in [2.24, 2.45) is 0 Å². The van der Waals surface area contributed by atoms with E-state index in [-0.39, 0.29) is 12.5 Å². The Morgan fingerprint density at radius 3 is 3.10 bits per heavy atom. The van der Waals surface area contributed by atoms with Gasteiger partial charge < -0.3 is 15.2 Å². The number of fused-ring (bicyclic) bond motifs is 1. The molecule has 3 aromatic rings. The van der Waals surface area contributed by atoms with Crippen molar-refractivity contribution >= 4 is 28.7 Å². The first-order valence-electron chi connectivity index (χ1n) is 5.88. The molecule has 3 heterocycles. The van der Waals surface area contributed by atoms with Crippen LogP contribution in [0.15, 0.2) is 24.9 Å². The van der Waals surface area contributed by atoms with Crippen LogP contribution in [0, 0.1) is 0 Å². The highest BCUT2D eigenvalue weighted by Crippen LogP contribution is 2.17. The van der Waals surface area contributed by atoms with Crippen molar-refractivity contribution in [2.75, 3.05) is 23.8 Å². The van der Waals surface area contributed by atoms with Gasteiger partial charge in [-0.3, -0.25) is 9.89 Å². The van der Waals surface area contributed by atoms with Gasteiger partial charge in [0.25, 0.3) is 0 Å². The van der Waals surface area contributed by atoms with E-state index in [1.807, 2.05) is 0 Å². The molecule has 9 heteroatoms. The molecule has 0 spiro atoms. The van der Waals surface area contributed by atoms with Gasteiger partial charge in [-0.1, -0.05) is 0 Å². The van der Waals surface area contributed by atoms with Crippen molar-refractivity contribution in [3.8, 4) is 0 Å². The van der Waals surface area contributed by atoms with E-state index in [9.17, 15) is 4.79 Å². The third kappa shape index (κ3) is 2.28. The molecular formula is C11H12N8O. The summed E-state index contributed by atoms with van der Waals surface area (Å²) in [6.45, 7) is 0.143. The van der Waals surface area contributed by atoms with Crippen molar-refractivity contribution in [1.82, 2.24) is 30.1 Å². The Morgan fingerprint density at radius 1 is 1.40 bits per heavy atom. The molecule has 0 aliphatic rings. The van der Waals surface area contributed by atoms with Crippen LogP contribution in [-0.2, 0) is 4.79 Å². The first kappa shape index (κ1) is 12.1. The fourth-order valence-corrected chi connectivity index (χ4v) is 1.85. The Labute approximate surface area is 113 Å². The Balaban J connectivity index is 1.74. The van der Waals surface area contributed by atoms with Gasteiger partial charge in [-0.15, -0.1) is 0 Å². The van der Waals surface area contributed by atoms with Crippen molar-refractivity contribution < 1.29 is 4.79 Å². The van der Waals surface area contributed by atoms with Crippen molar-refractivity contribution in [3.05, 3.63) is 24.9 Å². The third-order valence-corrected chi connectivity index (χ3v) is 2.72. The summed E-state index contributed by atoms with van der Waals surface area (Å²) in [5, 5.41) is 9.12. The minimum atomic E-state index is -0.178. The van der Waals surface area contributed by atoms with Gasteiger partial charge in [-0.05, 0) is 0 Å². The van der Waals surface area contributed by atoms with E-state index in [1.165, 1.54) is 6.33 Å². The Morgan fingerprint density at radius 2 is 2.30 bits per heavy atom. The first-order chi connectivity index (χ1) is 9.74. The average molecular weight is 272 g/mol. The molecule has 0 unspecified atom stereocenters. The largest absolute Gasteiger partial charge is 0.348 e. The second-order valence-electron chi connectivity index (χ2n) is 4.17. The molecule has 0 radical (unpaired) electrons. The van der Waals surface area contributed by atoms with Gasteiger partial charge in [0.15, 0.2) is 11.5 Å². The zero-order chi connectivity index (χ0) is 13.9. The lowest BCUT2D eigenvalue weighted by Crippen LogP contribution is -2.31. The van der Waals surface area contributed by atoms with E-state index in [0.717, 1.165) is 0 Å². The number of rotatable bonds is 4. The number of nitrogens with zero attached hydrogens (tertiary/aromatic N) is 5. The van der Waals surface area contributed by atoms with E-state index < -0.39 is 0 Å². The second-order valence-corrected chi connectivity index (χ2v) is 4.17. The molecule has 0 aliphatic carbocycles. The average Bonchev–Trinajstić information content (AvgIpc) is 3.08. The molecule has 3 N–H and O–H groups in total. The summed E-state index contributed by atoms with van der Waals surface area (Å²) in [5.74, 6) is 0.994. The zero-order valence-corrected chi connectivity index (χ0v) is 10.7. The quantitative estimate of drug-likeness (QED) is 0.622. The van der Waals surface area contributed by atoms with Crippen molar-refractivity contribution in [1.29, 1.82) is 0 Å². The number of aromatic amines is 2. The molecule has 0 aliphatic heterocycles. The Bertz CT molecular complexity index is 719. The third-order valence-electron chi connectivity index (χ3n) is 2.72. The number of hydrogen-bond acceptors (Lipinski definition) is 6. The van der Waals surface area contributed by atoms with Gasteiger partial charge in [-0.2, -0.15) is 5.10 Å². The molecule has 3 aromatic heterocycles. The summed E-state index contributed by atoms with van der Waals surface area (Å²) in [6, 6.07) is 1.68. The fourth-order valence-electron chi connectivity index (χ4n) is 1.85. The highest BCUT2D eigenvalue weighted by Gasteiger charge is 2.13. The molecule has 102 valence electrons. The number of H-pyrrole nitrogens is 2. The molecule has 20 heavy (non-hydrogen) atoms. The van der Waals surface area contributed by atoms with E-state index in [0.29, 0.717) is 22.8 Å². The Hall–Kier alpha value is -2.97. The lowest BCUT2D eigenvalue weighted by atomic mass is 10.4. The number of carbonyl (C=O) groups excluding carboxylic acids is 1. The molecule has 0 saturated heterocycles. The summed E-state index contributed by atoms with van der Waals surface area (Å²) in [4.78, 5) is 28.8. The van der Waals surface area contributed by atoms with Crippen LogP contribution in [0.5, 0.6) is 0 Å². The van der Waals surface area contributed by atoms with Gasteiger partial charge in [0, 0.05) is 13.1 Å². The van der Waals surface area contributed by atoms with Crippen molar-refractivity contribution in [2.45, 2.75) is 0 Å². The number of anilines is 2. The number of amides is 1. The van der Waals surface area contributed by atoms with Crippen LogP contribution in [0.1, 0.15) is 0 Å². The summed E-state index contributed by atoms with van der Waals surface area (Å²) in [7, 11) is 1.77. The minimum Gasteiger partial charge on any atom is -0.348 e. The zero-order valence-electron chi connectivity index (χ0n) is 10.7. The SMILES string of the molecule is CN(CC(=O)Nc1ccn[nH]1)c1ncnc2nc[nH]c12.